The smallest absolute Gasteiger partial charge is 0.261 e. The Hall–Kier alpha value is -1.84. The SMILES string of the molecule is C=C[C@@]1(CO[Si](c2ccccc2)(c2ccccc2)C(C)(C)C)OC(C)(C)O[C@H]1[C@H](OC)[C@H]1COC(C)(C)O1. The summed E-state index contributed by atoms with van der Waals surface area (Å²) in [5, 5.41) is 2.21. The summed E-state index contributed by atoms with van der Waals surface area (Å²) in [6, 6.07) is 21.2. The third-order valence-electron chi connectivity index (χ3n) is 7.57. The first-order chi connectivity index (χ1) is 17.8. The van der Waals surface area contributed by atoms with E-state index in [0.717, 1.165) is 0 Å². The van der Waals surface area contributed by atoms with Crippen molar-refractivity contribution >= 4 is 18.7 Å². The highest BCUT2D eigenvalue weighted by Gasteiger charge is 2.60. The van der Waals surface area contributed by atoms with Crippen molar-refractivity contribution in [2.45, 2.75) is 89.0 Å². The molecule has 0 bridgehead atoms. The van der Waals surface area contributed by atoms with Crippen LogP contribution in [0.5, 0.6) is 0 Å². The molecule has 4 rings (SSSR count). The predicted octanol–water partition coefficient (Wildman–Crippen LogP) is 4.81. The fourth-order valence-corrected chi connectivity index (χ4v) is 10.5. The van der Waals surface area contributed by atoms with Crippen LogP contribution in [-0.4, -0.2) is 64.1 Å². The van der Waals surface area contributed by atoms with Crippen molar-refractivity contribution in [1.29, 1.82) is 0 Å². The van der Waals surface area contributed by atoms with Crippen LogP contribution in [0, 0.1) is 0 Å². The maximum absolute atomic E-state index is 7.30. The van der Waals surface area contributed by atoms with Gasteiger partial charge in [0.2, 0.25) is 0 Å². The molecule has 38 heavy (non-hydrogen) atoms. The minimum absolute atomic E-state index is 0.185. The fourth-order valence-electron chi connectivity index (χ4n) is 5.95. The van der Waals surface area contributed by atoms with E-state index < -0.39 is 37.7 Å². The molecule has 2 aromatic rings. The minimum atomic E-state index is -2.84. The van der Waals surface area contributed by atoms with Crippen LogP contribution in [-0.2, 0) is 28.1 Å². The molecule has 0 spiro atoms. The molecule has 7 heteroatoms. The topological polar surface area (TPSA) is 55.4 Å². The van der Waals surface area contributed by atoms with Crippen molar-refractivity contribution < 1.29 is 28.1 Å². The highest BCUT2D eigenvalue weighted by Crippen LogP contribution is 2.44. The van der Waals surface area contributed by atoms with E-state index in [1.54, 1.807) is 7.11 Å². The van der Waals surface area contributed by atoms with Gasteiger partial charge in [0.25, 0.3) is 8.32 Å². The van der Waals surface area contributed by atoms with E-state index in [1.807, 2.05) is 45.9 Å². The maximum Gasteiger partial charge on any atom is 0.261 e. The second-order valence-corrected chi connectivity index (χ2v) is 16.5. The van der Waals surface area contributed by atoms with Crippen LogP contribution >= 0.6 is 0 Å². The molecule has 2 fully saturated rings. The molecule has 0 unspecified atom stereocenters. The molecule has 0 amide bonds. The summed E-state index contributed by atoms with van der Waals surface area (Å²) >= 11 is 0. The summed E-state index contributed by atoms with van der Waals surface area (Å²) in [4.78, 5) is 0. The average Bonchev–Trinajstić information content (AvgIpc) is 3.36. The Balaban J connectivity index is 1.78. The third-order valence-corrected chi connectivity index (χ3v) is 12.6. The number of methoxy groups -OCH3 is 1. The molecule has 0 radical (unpaired) electrons. The zero-order chi connectivity index (χ0) is 27.8. The summed E-state index contributed by atoms with van der Waals surface area (Å²) in [6.45, 7) is 19.3. The van der Waals surface area contributed by atoms with Gasteiger partial charge in [-0.15, -0.1) is 6.58 Å². The summed E-state index contributed by atoms with van der Waals surface area (Å²) in [5.74, 6) is -1.57. The van der Waals surface area contributed by atoms with Gasteiger partial charge in [-0.3, -0.25) is 0 Å². The van der Waals surface area contributed by atoms with E-state index in [-0.39, 0.29) is 17.7 Å². The molecule has 0 saturated carbocycles. The second kappa shape index (κ2) is 10.6. The first-order valence-corrected chi connectivity index (χ1v) is 15.3. The fraction of sp³-hybridized carbons (Fsp3) is 0.548. The van der Waals surface area contributed by atoms with E-state index in [9.17, 15) is 0 Å². The Morgan fingerprint density at radius 2 is 1.50 bits per heavy atom. The summed E-state index contributed by atoms with van der Waals surface area (Å²) < 4.78 is 38.6. The van der Waals surface area contributed by atoms with Crippen LogP contribution < -0.4 is 10.4 Å². The van der Waals surface area contributed by atoms with Crippen molar-refractivity contribution in [1.82, 2.24) is 0 Å². The lowest BCUT2D eigenvalue weighted by Gasteiger charge is -2.45. The van der Waals surface area contributed by atoms with Crippen LogP contribution in [0.3, 0.4) is 0 Å². The second-order valence-electron chi connectivity index (χ2n) is 12.2. The van der Waals surface area contributed by atoms with E-state index in [0.29, 0.717) is 6.61 Å². The molecule has 2 aliphatic heterocycles. The van der Waals surface area contributed by atoms with Crippen molar-refractivity contribution in [3.05, 3.63) is 73.3 Å². The molecule has 0 N–H and O–H groups in total. The number of ether oxygens (including phenoxy) is 5. The Morgan fingerprint density at radius 1 is 0.947 bits per heavy atom. The van der Waals surface area contributed by atoms with Gasteiger partial charge < -0.3 is 28.1 Å². The molecule has 4 atom stereocenters. The summed E-state index contributed by atoms with van der Waals surface area (Å²) in [7, 11) is -1.16. The lowest BCUT2D eigenvalue weighted by atomic mass is 9.91. The summed E-state index contributed by atoms with van der Waals surface area (Å²) in [6.07, 6.45) is 0.502. The van der Waals surface area contributed by atoms with Gasteiger partial charge in [0.1, 0.15) is 23.9 Å². The highest BCUT2D eigenvalue weighted by atomic mass is 28.4. The largest absolute Gasteiger partial charge is 0.404 e. The standard InChI is InChI=1S/C31H44O6Si/c1-10-31(27(36-30(7,8)37-31)26(32-9)25-21-33-29(5,6)35-25)22-34-38(28(2,3)4,23-17-13-11-14-18-23)24-19-15-12-16-20-24/h10-20,25-27H,1,21-22H2,2-9H3/t25-,26-,27+,31+/m1/s1. The van der Waals surface area contributed by atoms with Gasteiger partial charge in [-0.2, -0.15) is 0 Å². The molecule has 208 valence electrons. The number of rotatable bonds is 9. The molecule has 0 aliphatic carbocycles. The maximum atomic E-state index is 7.30. The van der Waals surface area contributed by atoms with Crippen LogP contribution in [0.25, 0.3) is 0 Å². The predicted molar refractivity (Wildman–Crippen MR) is 152 cm³/mol. The zero-order valence-corrected chi connectivity index (χ0v) is 25.2. The Kier molecular flexibility index (Phi) is 8.14. The van der Waals surface area contributed by atoms with Crippen LogP contribution in [0.4, 0.5) is 0 Å². The van der Waals surface area contributed by atoms with Crippen LogP contribution in [0.1, 0.15) is 48.5 Å². The van der Waals surface area contributed by atoms with Gasteiger partial charge >= 0.3 is 0 Å². The van der Waals surface area contributed by atoms with Crippen LogP contribution in [0.2, 0.25) is 5.04 Å². The minimum Gasteiger partial charge on any atom is -0.404 e. The van der Waals surface area contributed by atoms with E-state index in [2.05, 4.69) is 75.9 Å². The lowest BCUT2D eigenvalue weighted by molar-refractivity contribution is -0.183. The monoisotopic (exact) mass is 540 g/mol. The van der Waals surface area contributed by atoms with E-state index in [4.69, 9.17) is 28.1 Å². The van der Waals surface area contributed by atoms with Gasteiger partial charge in [0.15, 0.2) is 11.6 Å². The van der Waals surface area contributed by atoms with Gasteiger partial charge in [0, 0.05) is 7.11 Å². The van der Waals surface area contributed by atoms with Crippen molar-refractivity contribution in [3.8, 4) is 0 Å². The van der Waals surface area contributed by atoms with Gasteiger partial charge in [-0.25, -0.2) is 0 Å². The highest BCUT2D eigenvalue weighted by molar-refractivity contribution is 6.99. The average molecular weight is 541 g/mol. The molecule has 2 aliphatic rings. The van der Waals surface area contributed by atoms with Crippen molar-refractivity contribution in [2.24, 2.45) is 0 Å². The zero-order valence-electron chi connectivity index (χ0n) is 24.2. The normalized spacial score (nSPS) is 27.8. The van der Waals surface area contributed by atoms with Gasteiger partial charge in [-0.05, 0) is 43.1 Å². The molecule has 0 aromatic heterocycles. The van der Waals surface area contributed by atoms with Crippen molar-refractivity contribution in [3.63, 3.8) is 0 Å². The quantitative estimate of drug-likeness (QED) is 0.336. The molecule has 2 heterocycles. The molecule has 2 aromatic carbocycles. The molecule has 2 saturated heterocycles. The van der Waals surface area contributed by atoms with Gasteiger partial charge in [-0.1, -0.05) is 87.5 Å². The first kappa shape index (κ1) is 29.1. The number of hydrogen-bond donors (Lipinski definition) is 0. The number of benzene rings is 2. The Labute approximate surface area is 229 Å². The van der Waals surface area contributed by atoms with E-state index >= 15 is 0 Å². The molecule has 6 nitrogen and oxygen atoms in total. The molecular formula is C31H44O6Si. The van der Waals surface area contributed by atoms with Crippen molar-refractivity contribution in [2.75, 3.05) is 20.3 Å². The lowest BCUT2D eigenvalue weighted by Crippen LogP contribution is -2.68. The first-order valence-electron chi connectivity index (χ1n) is 13.4. The third kappa shape index (κ3) is 5.43. The Morgan fingerprint density at radius 3 is 1.92 bits per heavy atom. The van der Waals surface area contributed by atoms with E-state index in [1.165, 1.54) is 10.4 Å². The summed E-state index contributed by atoms with van der Waals surface area (Å²) in [5.41, 5.74) is -0.979. The number of hydrogen-bond acceptors (Lipinski definition) is 6. The Bertz CT molecular complexity index is 1040. The van der Waals surface area contributed by atoms with Crippen LogP contribution in [0.15, 0.2) is 73.3 Å². The molecular weight excluding hydrogens is 496 g/mol. The van der Waals surface area contributed by atoms with Gasteiger partial charge in [0.05, 0.1) is 13.2 Å².